The molecule has 1 saturated heterocycles. The molecule has 0 unspecified atom stereocenters. The van der Waals surface area contributed by atoms with Crippen molar-refractivity contribution in [3.8, 4) is 0 Å². The Morgan fingerprint density at radius 3 is 2.35 bits per heavy atom. The van der Waals surface area contributed by atoms with Crippen molar-refractivity contribution >= 4 is 40.2 Å². The van der Waals surface area contributed by atoms with Gasteiger partial charge in [-0.05, 0) is 22.9 Å². The number of hydrogen-bond donors (Lipinski definition) is 1. The van der Waals surface area contributed by atoms with E-state index in [1.54, 1.807) is 12.1 Å². The highest BCUT2D eigenvalue weighted by atomic mass is 16.2. The van der Waals surface area contributed by atoms with Gasteiger partial charge in [0.1, 0.15) is 6.54 Å². The second kappa shape index (κ2) is 5.53. The number of hydrogen-bond acceptors (Lipinski definition) is 4. The smallest absolute Gasteiger partial charge is 0.325 e. The van der Waals surface area contributed by atoms with Crippen molar-refractivity contribution in [1.82, 2.24) is 9.80 Å². The number of benzene rings is 2. The topological polar surface area (TPSA) is 86.8 Å². The number of nitrogens with one attached hydrogen (secondary N) is 1. The molecule has 5 amide bonds. The maximum Gasteiger partial charge on any atom is 0.334 e. The summed E-state index contributed by atoms with van der Waals surface area (Å²) in [5.74, 6) is -2.48. The fourth-order valence-corrected chi connectivity index (χ4v) is 2.36. The van der Waals surface area contributed by atoms with Crippen LogP contribution in [0, 0.1) is 0 Å². The molecular formula is C16H13N3O4. The molecule has 1 heterocycles. The van der Waals surface area contributed by atoms with Gasteiger partial charge < -0.3 is 5.32 Å². The molecule has 1 aliphatic heterocycles. The molecule has 0 aliphatic carbocycles. The number of amides is 5. The Morgan fingerprint density at radius 1 is 1.00 bits per heavy atom. The fraction of sp³-hybridized carbons (Fsp3) is 0.125. The van der Waals surface area contributed by atoms with Gasteiger partial charge in [0.05, 0.1) is 0 Å². The zero-order chi connectivity index (χ0) is 16.6. The molecule has 3 rings (SSSR count). The molecular weight excluding hydrogens is 298 g/mol. The van der Waals surface area contributed by atoms with E-state index in [1.165, 1.54) is 7.05 Å². The molecule has 23 heavy (non-hydrogen) atoms. The number of carbonyl (C=O) groups excluding carboxylic acids is 4. The average molecular weight is 311 g/mol. The van der Waals surface area contributed by atoms with E-state index in [0.29, 0.717) is 15.5 Å². The van der Waals surface area contributed by atoms with Crippen molar-refractivity contribution in [3.05, 3.63) is 42.5 Å². The number of carbonyl (C=O) groups is 4. The summed E-state index contributed by atoms with van der Waals surface area (Å²) in [6.45, 7) is -0.499. The van der Waals surface area contributed by atoms with Crippen LogP contribution in [0.15, 0.2) is 42.5 Å². The summed E-state index contributed by atoms with van der Waals surface area (Å²) in [6.07, 6.45) is 0. The number of likely N-dealkylation sites (N-methyl/N-ethyl adjacent to an activating group) is 1. The van der Waals surface area contributed by atoms with Crippen LogP contribution in [0.2, 0.25) is 0 Å². The Bertz CT molecular complexity index is 846. The van der Waals surface area contributed by atoms with Gasteiger partial charge in [-0.15, -0.1) is 0 Å². The third-order valence-electron chi connectivity index (χ3n) is 3.59. The number of rotatable bonds is 3. The molecule has 0 atom stereocenters. The maximum absolute atomic E-state index is 12.0. The fourth-order valence-electron chi connectivity index (χ4n) is 2.36. The summed E-state index contributed by atoms with van der Waals surface area (Å²) in [5, 5.41) is 4.60. The van der Waals surface area contributed by atoms with E-state index < -0.39 is 30.3 Å². The van der Waals surface area contributed by atoms with Gasteiger partial charge in [-0.3, -0.25) is 19.3 Å². The van der Waals surface area contributed by atoms with Gasteiger partial charge in [0, 0.05) is 12.7 Å². The Hall–Kier alpha value is -3.22. The van der Waals surface area contributed by atoms with E-state index in [4.69, 9.17) is 0 Å². The first-order valence-corrected chi connectivity index (χ1v) is 6.89. The van der Waals surface area contributed by atoms with Crippen LogP contribution < -0.4 is 5.32 Å². The lowest BCUT2D eigenvalue weighted by Gasteiger charge is -2.13. The summed E-state index contributed by atoms with van der Waals surface area (Å²) in [6, 6.07) is 12.2. The molecule has 2 aromatic carbocycles. The van der Waals surface area contributed by atoms with Gasteiger partial charge in [-0.25, -0.2) is 9.69 Å². The quantitative estimate of drug-likeness (QED) is 0.681. The van der Waals surface area contributed by atoms with Crippen molar-refractivity contribution in [2.24, 2.45) is 0 Å². The molecule has 1 fully saturated rings. The van der Waals surface area contributed by atoms with E-state index in [1.807, 2.05) is 30.3 Å². The molecule has 7 heteroatoms. The zero-order valence-electron chi connectivity index (χ0n) is 12.3. The van der Waals surface area contributed by atoms with Gasteiger partial charge >= 0.3 is 17.8 Å². The minimum Gasteiger partial charge on any atom is -0.325 e. The summed E-state index contributed by atoms with van der Waals surface area (Å²) in [5.41, 5.74) is 0.549. The van der Waals surface area contributed by atoms with Crippen LogP contribution >= 0.6 is 0 Å². The van der Waals surface area contributed by atoms with E-state index in [-0.39, 0.29) is 0 Å². The number of nitrogens with zero attached hydrogens (tertiary/aromatic N) is 2. The van der Waals surface area contributed by atoms with Crippen LogP contribution in [0.3, 0.4) is 0 Å². The molecule has 1 N–H and O–H groups in total. The predicted molar refractivity (Wildman–Crippen MR) is 82.5 cm³/mol. The summed E-state index contributed by atoms with van der Waals surface area (Å²) in [4.78, 5) is 48.1. The van der Waals surface area contributed by atoms with Crippen molar-refractivity contribution in [3.63, 3.8) is 0 Å². The molecule has 1 aliphatic rings. The molecule has 7 nitrogen and oxygen atoms in total. The van der Waals surface area contributed by atoms with E-state index in [2.05, 4.69) is 5.32 Å². The molecule has 0 radical (unpaired) electrons. The Morgan fingerprint density at radius 2 is 1.70 bits per heavy atom. The van der Waals surface area contributed by atoms with Crippen molar-refractivity contribution in [2.45, 2.75) is 0 Å². The second-order valence-electron chi connectivity index (χ2n) is 5.15. The molecule has 116 valence electrons. The Labute approximate surface area is 131 Å². The SMILES string of the molecule is CN1C(=O)C(=O)N(CC(=O)Nc2ccc3ccccc3c2)C1=O. The highest BCUT2D eigenvalue weighted by Gasteiger charge is 2.42. The second-order valence-corrected chi connectivity index (χ2v) is 5.15. The minimum atomic E-state index is -0.994. The number of anilines is 1. The van der Waals surface area contributed by atoms with Crippen LogP contribution in [-0.4, -0.2) is 47.1 Å². The maximum atomic E-state index is 12.0. The summed E-state index contributed by atoms with van der Waals surface area (Å²) in [7, 11) is 1.20. The number of fused-ring (bicyclic) bond motifs is 1. The lowest BCUT2D eigenvalue weighted by atomic mass is 10.1. The third-order valence-corrected chi connectivity index (χ3v) is 3.59. The highest BCUT2D eigenvalue weighted by Crippen LogP contribution is 2.19. The standard InChI is InChI=1S/C16H13N3O4/c1-18-14(21)15(22)19(16(18)23)9-13(20)17-12-7-6-10-4-2-3-5-11(10)8-12/h2-8H,9H2,1H3,(H,17,20). The molecule has 0 aromatic heterocycles. The highest BCUT2D eigenvalue weighted by molar-refractivity contribution is 6.44. The van der Waals surface area contributed by atoms with Crippen molar-refractivity contribution in [1.29, 1.82) is 0 Å². The summed E-state index contributed by atoms with van der Waals surface area (Å²) < 4.78 is 0. The van der Waals surface area contributed by atoms with Crippen LogP contribution in [-0.2, 0) is 14.4 Å². The van der Waals surface area contributed by atoms with Gasteiger partial charge in [0.2, 0.25) is 5.91 Å². The first-order chi connectivity index (χ1) is 11.0. The van der Waals surface area contributed by atoms with E-state index in [9.17, 15) is 19.2 Å². The largest absolute Gasteiger partial charge is 0.334 e. The average Bonchev–Trinajstić information content (AvgIpc) is 2.72. The molecule has 0 saturated carbocycles. The molecule has 0 spiro atoms. The van der Waals surface area contributed by atoms with Crippen molar-refractivity contribution in [2.75, 3.05) is 18.9 Å². The third kappa shape index (κ3) is 2.64. The summed E-state index contributed by atoms with van der Waals surface area (Å²) >= 11 is 0. The van der Waals surface area contributed by atoms with Crippen LogP contribution in [0.25, 0.3) is 10.8 Å². The lowest BCUT2D eigenvalue weighted by Crippen LogP contribution is -2.38. The molecule has 2 aromatic rings. The zero-order valence-corrected chi connectivity index (χ0v) is 12.3. The lowest BCUT2D eigenvalue weighted by molar-refractivity contribution is -0.143. The van der Waals surface area contributed by atoms with Crippen molar-refractivity contribution < 1.29 is 19.2 Å². The van der Waals surface area contributed by atoms with Crippen LogP contribution in [0.1, 0.15) is 0 Å². The van der Waals surface area contributed by atoms with Gasteiger partial charge in [0.25, 0.3) is 0 Å². The van der Waals surface area contributed by atoms with E-state index >= 15 is 0 Å². The van der Waals surface area contributed by atoms with Crippen LogP contribution in [0.5, 0.6) is 0 Å². The molecule has 0 bridgehead atoms. The Kier molecular flexibility index (Phi) is 3.53. The van der Waals surface area contributed by atoms with Crippen LogP contribution in [0.4, 0.5) is 10.5 Å². The van der Waals surface area contributed by atoms with E-state index in [0.717, 1.165) is 10.8 Å². The van der Waals surface area contributed by atoms with Gasteiger partial charge in [0.15, 0.2) is 0 Å². The normalized spacial score (nSPS) is 14.7. The number of urea groups is 1. The first kappa shape index (κ1) is 14.7. The number of imide groups is 2. The minimum absolute atomic E-state index is 0.499. The first-order valence-electron chi connectivity index (χ1n) is 6.89. The van der Waals surface area contributed by atoms with Gasteiger partial charge in [-0.2, -0.15) is 0 Å². The Balaban J connectivity index is 1.72. The van der Waals surface area contributed by atoms with Gasteiger partial charge in [-0.1, -0.05) is 30.3 Å². The monoisotopic (exact) mass is 311 g/mol. The predicted octanol–water partition coefficient (Wildman–Crippen LogP) is 1.20.